The van der Waals surface area contributed by atoms with Crippen LogP contribution in [-0.4, -0.2) is 30.7 Å². The molecular formula is C4H11NOS. The molecule has 3 heteroatoms. The predicted octanol–water partition coefficient (Wildman–Crippen LogP) is -0.531. The lowest BCUT2D eigenvalue weighted by molar-refractivity contribution is -0.125. The molecule has 0 saturated heterocycles. The molecule has 0 aliphatic heterocycles. The summed E-state index contributed by atoms with van der Waals surface area (Å²) >= 11 is 2.37. The average molecular weight is 121 g/mol. The molecule has 0 bridgehead atoms. The van der Waals surface area contributed by atoms with Crippen LogP contribution in [0.15, 0.2) is 0 Å². The van der Waals surface area contributed by atoms with E-state index in [2.05, 4.69) is 12.6 Å². The summed E-state index contributed by atoms with van der Waals surface area (Å²) in [5.41, 5.74) is 0. The summed E-state index contributed by atoms with van der Waals surface area (Å²) in [7, 11) is 3.48. The highest BCUT2D eigenvalue weighted by Crippen LogP contribution is 1.79. The predicted molar refractivity (Wildman–Crippen MR) is 35.3 cm³/mol. The fraction of sp³-hybridized carbons (Fsp3) is 0.750. The summed E-state index contributed by atoms with van der Waals surface area (Å²) in [6.07, 6.45) is 0. The number of hydrogen-bond donors (Lipinski definition) is 0. The van der Waals surface area contributed by atoms with Gasteiger partial charge in [-0.2, -0.15) is 0 Å². The van der Waals surface area contributed by atoms with Gasteiger partial charge in [-0.05, 0) is 0 Å². The lowest BCUT2D eigenvalue weighted by Crippen LogP contribution is -2.22. The van der Waals surface area contributed by atoms with Crippen molar-refractivity contribution in [1.29, 1.82) is 0 Å². The van der Waals surface area contributed by atoms with Gasteiger partial charge in [0.1, 0.15) is 0 Å². The monoisotopic (exact) mass is 121 g/mol. The van der Waals surface area contributed by atoms with Gasteiger partial charge < -0.3 is 4.90 Å². The second kappa shape index (κ2) is 2.91. The van der Waals surface area contributed by atoms with Crippen LogP contribution in [0.3, 0.4) is 0 Å². The second-order valence-corrected chi connectivity index (χ2v) is 1.90. The Morgan fingerprint density at radius 3 is 2.14 bits per heavy atom. The van der Waals surface area contributed by atoms with Crippen molar-refractivity contribution in [2.75, 3.05) is 19.8 Å². The highest BCUT2D eigenvalue weighted by atomic mass is 32.1. The van der Waals surface area contributed by atoms with Crippen molar-refractivity contribution in [1.82, 2.24) is 4.90 Å². The Morgan fingerprint density at radius 2 is 2.14 bits per heavy atom. The third-order valence-electron chi connectivity index (χ3n) is 0.673. The molecule has 0 fully saturated rings. The quantitative estimate of drug-likeness (QED) is 0.456. The average Bonchev–Trinajstić information content (AvgIpc) is 1.65. The Labute approximate surface area is 48.9 Å². The summed E-state index contributed by atoms with van der Waals surface area (Å²) < 4.78 is 0. The van der Waals surface area contributed by atoms with Gasteiger partial charge in [-0.15, -0.1) is 0 Å². The largest absolute Gasteiger partial charge is 0.348 e. The Balaban J connectivity index is 3.35. The number of carbonyl (C=O) groups is 1. The molecule has 0 rings (SSSR count). The number of rotatable bonds is 1. The van der Waals surface area contributed by atoms with Gasteiger partial charge in [0, 0.05) is 19.8 Å². The van der Waals surface area contributed by atoms with Crippen LogP contribution in [0, 0.1) is 0 Å². The molecule has 0 saturated carbocycles. The van der Waals surface area contributed by atoms with Crippen LogP contribution >= 0.6 is 12.6 Å². The van der Waals surface area contributed by atoms with E-state index in [9.17, 15) is 4.79 Å². The van der Waals surface area contributed by atoms with Gasteiger partial charge in [-0.25, -0.2) is 0 Å². The minimum Gasteiger partial charge on any atom is -0.348 e. The van der Waals surface area contributed by atoms with E-state index in [0.717, 1.165) is 0 Å². The Hall–Kier alpha value is -0.180. The molecule has 0 aromatic heterocycles. The standard InChI is InChI=1S/C4H11NOS/c1-5(2)4(6)3-7/h3H2,1-2,7H3. The number of amides is 1. The fourth-order valence-electron chi connectivity index (χ4n) is 0.183. The molecule has 2 nitrogen and oxygen atoms in total. The first kappa shape index (κ1) is 6.82. The second-order valence-electron chi connectivity index (χ2n) is 1.49. The lowest BCUT2D eigenvalue weighted by Gasteiger charge is -2.05. The summed E-state index contributed by atoms with van der Waals surface area (Å²) in [6.45, 7) is 0. The fourth-order valence-corrected chi connectivity index (χ4v) is 0.548. The Morgan fingerprint density at radius 1 is 1.71 bits per heavy atom. The SMILES string of the molecule is CN(C)C(=O)C[SH3]. The Bertz CT molecular complexity index is 72.1. The first-order valence-electron chi connectivity index (χ1n) is 2.08. The van der Waals surface area contributed by atoms with E-state index in [1.54, 1.807) is 19.0 Å². The molecule has 0 atom stereocenters. The van der Waals surface area contributed by atoms with E-state index in [4.69, 9.17) is 0 Å². The van der Waals surface area contributed by atoms with Crippen molar-refractivity contribution in [2.24, 2.45) is 0 Å². The van der Waals surface area contributed by atoms with Crippen molar-refractivity contribution >= 4 is 18.5 Å². The van der Waals surface area contributed by atoms with E-state index >= 15 is 0 Å². The molecule has 0 heterocycles. The van der Waals surface area contributed by atoms with Gasteiger partial charge in [0.05, 0.1) is 0 Å². The third kappa shape index (κ3) is 2.51. The van der Waals surface area contributed by atoms with Gasteiger partial charge >= 0.3 is 0 Å². The zero-order valence-corrected chi connectivity index (χ0v) is 5.79. The molecule has 0 N–H and O–H groups in total. The van der Waals surface area contributed by atoms with Gasteiger partial charge in [-0.3, -0.25) is 17.4 Å². The van der Waals surface area contributed by atoms with Crippen molar-refractivity contribution in [2.45, 2.75) is 0 Å². The van der Waals surface area contributed by atoms with Crippen LogP contribution in [0.5, 0.6) is 0 Å². The molecule has 0 unspecified atom stereocenters. The number of hydrogen-bond acceptors (Lipinski definition) is 1. The van der Waals surface area contributed by atoms with E-state index in [1.165, 1.54) is 0 Å². The van der Waals surface area contributed by atoms with Crippen LogP contribution < -0.4 is 0 Å². The van der Waals surface area contributed by atoms with Crippen LogP contribution in [0.25, 0.3) is 0 Å². The molecule has 0 spiro atoms. The van der Waals surface area contributed by atoms with Crippen molar-refractivity contribution in [3.8, 4) is 0 Å². The van der Waals surface area contributed by atoms with Crippen molar-refractivity contribution < 1.29 is 4.79 Å². The maximum Gasteiger partial charge on any atom is 0.229 e. The summed E-state index contributed by atoms with van der Waals surface area (Å²) in [6, 6.07) is 0. The molecule has 44 valence electrons. The molecule has 7 heavy (non-hydrogen) atoms. The topological polar surface area (TPSA) is 20.3 Å². The minimum atomic E-state index is 0.144. The number of carbonyl (C=O) groups excluding carboxylic acids is 1. The molecular weight excluding hydrogens is 110 g/mol. The highest BCUT2D eigenvalue weighted by Gasteiger charge is 1.95. The zero-order chi connectivity index (χ0) is 5.86. The number of nitrogens with zero attached hydrogens (tertiary/aromatic N) is 1. The van der Waals surface area contributed by atoms with E-state index in [0.29, 0.717) is 5.75 Å². The first-order valence-corrected chi connectivity index (χ1v) is 2.90. The first-order chi connectivity index (χ1) is 3.18. The van der Waals surface area contributed by atoms with E-state index in [-0.39, 0.29) is 5.91 Å². The smallest absolute Gasteiger partial charge is 0.229 e. The molecule has 0 aliphatic carbocycles. The van der Waals surface area contributed by atoms with E-state index < -0.39 is 0 Å². The van der Waals surface area contributed by atoms with Gasteiger partial charge in [0.2, 0.25) is 5.91 Å². The van der Waals surface area contributed by atoms with Crippen molar-refractivity contribution in [3.05, 3.63) is 0 Å². The van der Waals surface area contributed by atoms with Gasteiger partial charge in [0.15, 0.2) is 0 Å². The molecule has 0 radical (unpaired) electrons. The summed E-state index contributed by atoms with van der Waals surface area (Å²) in [5.74, 6) is 0.664. The van der Waals surface area contributed by atoms with E-state index in [1.807, 2.05) is 0 Å². The molecule has 0 aromatic carbocycles. The third-order valence-corrected chi connectivity index (χ3v) is 1.02. The van der Waals surface area contributed by atoms with Crippen LogP contribution in [0.1, 0.15) is 0 Å². The lowest BCUT2D eigenvalue weighted by atomic mass is 10.6. The molecule has 1 amide bonds. The zero-order valence-electron chi connectivity index (χ0n) is 4.64. The van der Waals surface area contributed by atoms with Crippen molar-refractivity contribution in [3.63, 3.8) is 0 Å². The maximum atomic E-state index is 10.4. The molecule has 0 aliphatic rings. The van der Waals surface area contributed by atoms with Gasteiger partial charge in [-0.1, -0.05) is 0 Å². The van der Waals surface area contributed by atoms with Crippen LogP contribution in [-0.2, 0) is 4.79 Å². The maximum absolute atomic E-state index is 10.4. The summed E-state index contributed by atoms with van der Waals surface area (Å²) in [4.78, 5) is 12.0. The minimum absolute atomic E-state index is 0.144. The molecule has 0 aromatic rings. The highest BCUT2D eigenvalue weighted by molar-refractivity contribution is 7.81. The van der Waals surface area contributed by atoms with Crippen LogP contribution in [0.2, 0.25) is 0 Å². The van der Waals surface area contributed by atoms with Gasteiger partial charge in [0.25, 0.3) is 0 Å². The Kier molecular flexibility index (Phi) is 2.83. The summed E-state index contributed by atoms with van der Waals surface area (Å²) in [5, 5.41) is 0. The van der Waals surface area contributed by atoms with Crippen LogP contribution in [0.4, 0.5) is 0 Å². The normalized spacial score (nSPS) is 9.14.